The molecule has 0 spiro atoms. The Morgan fingerprint density at radius 3 is 2.92 bits per heavy atom. The topological polar surface area (TPSA) is 30.2 Å². The summed E-state index contributed by atoms with van der Waals surface area (Å²) in [4.78, 5) is 4.05. The maximum Gasteiger partial charge on any atom is 0.156 e. The van der Waals surface area contributed by atoms with Crippen LogP contribution in [0.25, 0.3) is 5.52 Å². The van der Waals surface area contributed by atoms with Crippen molar-refractivity contribution in [1.29, 1.82) is 0 Å². The summed E-state index contributed by atoms with van der Waals surface area (Å²) in [6, 6.07) is 1.96. The Kier molecular flexibility index (Phi) is 1.54. The highest BCUT2D eigenvalue weighted by Crippen LogP contribution is 2.15. The van der Waals surface area contributed by atoms with Gasteiger partial charge in [-0.1, -0.05) is 11.6 Å². The predicted octanol–water partition coefficient (Wildman–Crippen LogP) is 2.00. The molecule has 0 aliphatic heterocycles. The summed E-state index contributed by atoms with van der Waals surface area (Å²) >= 11 is 5.90. The molecule has 0 amide bonds. The molecule has 0 saturated carbocycles. The van der Waals surface area contributed by atoms with Gasteiger partial charge in [-0.3, -0.25) is 0 Å². The lowest BCUT2D eigenvalue weighted by molar-refractivity contribution is 0.855. The molecule has 2 heterocycles. The van der Waals surface area contributed by atoms with Crippen LogP contribution in [-0.4, -0.2) is 14.6 Å². The molecule has 0 aliphatic carbocycles. The van der Waals surface area contributed by atoms with E-state index in [4.69, 9.17) is 11.6 Å². The van der Waals surface area contributed by atoms with Crippen molar-refractivity contribution in [2.24, 2.45) is 0 Å². The molecule has 2 aromatic rings. The second-order valence-electron chi connectivity index (χ2n) is 2.80. The molecule has 0 saturated heterocycles. The first-order valence-electron chi connectivity index (χ1n) is 3.66. The largest absolute Gasteiger partial charge is 0.236 e. The molecule has 4 heteroatoms. The second kappa shape index (κ2) is 2.45. The Balaban J connectivity index is 2.88. The van der Waals surface area contributed by atoms with Gasteiger partial charge in [0.05, 0.1) is 0 Å². The van der Waals surface area contributed by atoms with Gasteiger partial charge in [0.15, 0.2) is 5.15 Å². The molecule has 2 rings (SSSR count). The second-order valence-corrected chi connectivity index (χ2v) is 3.16. The fourth-order valence-electron chi connectivity index (χ4n) is 1.20. The summed E-state index contributed by atoms with van der Waals surface area (Å²) in [7, 11) is 0. The van der Waals surface area contributed by atoms with E-state index < -0.39 is 0 Å². The molecular weight excluding hydrogens is 174 g/mol. The van der Waals surface area contributed by atoms with Gasteiger partial charge >= 0.3 is 0 Å². The average Bonchev–Trinajstić information content (AvgIpc) is 2.29. The Morgan fingerprint density at radius 1 is 1.42 bits per heavy atom. The normalized spacial score (nSPS) is 10.9. The van der Waals surface area contributed by atoms with Gasteiger partial charge in [-0.15, -0.1) is 0 Å². The van der Waals surface area contributed by atoms with E-state index in [0.29, 0.717) is 11.0 Å². The predicted molar refractivity (Wildman–Crippen MR) is 47.5 cm³/mol. The molecule has 3 nitrogen and oxygen atoms in total. The van der Waals surface area contributed by atoms with Crippen LogP contribution >= 0.6 is 11.6 Å². The molecule has 0 unspecified atom stereocenters. The van der Waals surface area contributed by atoms with Crippen LogP contribution in [0, 0.1) is 13.8 Å². The van der Waals surface area contributed by atoms with Crippen LogP contribution in [0.3, 0.4) is 0 Å². The van der Waals surface area contributed by atoms with Gasteiger partial charge < -0.3 is 0 Å². The van der Waals surface area contributed by atoms with Crippen molar-refractivity contribution in [3.8, 4) is 0 Å². The van der Waals surface area contributed by atoms with E-state index in [1.54, 1.807) is 4.52 Å². The maximum atomic E-state index is 5.90. The zero-order valence-corrected chi connectivity index (χ0v) is 7.63. The quantitative estimate of drug-likeness (QED) is 0.622. The highest BCUT2D eigenvalue weighted by Gasteiger charge is 2.03. The van der Waals surface area contributed by atoms with Crippen LogP contribution in [0.15, 0.2) is 12.3 Å². The minimum atomic E-state index is 0.510. The fraction of sp³-hybridized carbons (Fsp3) is 0.250. The Bertz CT molecular complexity index is 433. The van der Waals surface area contributed by atoms with Gasteiger partial charge in [0.25, 0.3) is 0 Å². The van der Waals surface area contributed by atoms with Crippen LogP contribution in [0.4, 0.5) is 0 Å². The summed E-state index contributed by atoms with van der Waals surface area (Å²) in [6.07, 6.45) is 1.93. The number of rotatable bonds is 0. The smallest absolute Gasteiger partial charge is 0.156 e. The Labute approximate surface area is 75.0 Å². The molecule has 0 aromatic carbocycles. The lowest BCUT2D eigenvalue weighted by Crippen LogP contribution is -1.96. The lowest BCUT2D eigenvalue weighted by atomic mass is 10.4. The Hall–Kier alpha value is -1.09. The monoisotopic (exact) mass is 181 g/mol. The van der Waals surface area contributed by atoms with Crippen LogP contribution < -0.4 is 0 Å². The zero-order chi connectivity index (χ0) is 8.72. The fourth-order valence-corrected chi connectivity index (χ4v) is 1.46. The lowest BCUT2D eigenvalue weighted by Gasteiger charge is -1.96. The first kappa shape index (κ1) is 7.55. The molecule has 0 N–H and O–H groups in total. The molecule has 2 aromatic heterocycles. The standard InChI is InChI=1S/C8H8ClN3/c1-5-3-7-8(9)10-6(2)11-12(7)4-5/h3-4H,1-2H3. The minimum Gasteiger partial charge on any atom is -0.236 e. The van der Waals surface area contributed by atoms with E-state index >= 15 is 0 Å². The molecular formula is C8H8ClN3. The van der Waals surface area contributed by atoms with E-state index in [1.807, 2.05) is 26.1 Å². The van der Waals surface area contributed by atoms with Crippen molar-refractivity contribution in [1.82, 2.24) is 14.6 Å². The summed E-state index contributed by atoms with van der Waals surface area (Å²) in [6.45, 7) is 3.82. The molecule has 0 fully saturated rings. The molecule has 0 aliphatic rings. The third-order valence-electron chi connectivity index (χ3n) is 1.66. The molecule has 0 radical (unpaired) electrons. The number of aryl methyl sites for hydroxylation is 2. The van der Waals surface area contributed by atoms with Crippen LogP contribution in [0.5, 0.6) is 0 Å². The highest BCUT2D eigenvalue weighted by molar-refractivity contribution is 6.32. The van der Waals surface area contributed by atoms with E-state index in [-0.39, 0.29) is 0 Å². The van der Waals surface area contributed by atoms with Crippen LogP contribution in [0.1, 0.15) is 11.4 Å². The van der Waals surface area contributed by atoms with Crippen LogP contribution in [-0.2, 0) is 0 Å². The molecule has 62 valence electrons. The van der Waals surface area contributed by atoms with Crippen molar-refractivity contribution in [2.75, 3.05) is 0 Å². The van der Waals surface area contributed by atoms with E-state index in [0.717, 1.165) is 11.1 Å². The van der Waals surface area contributed by atoms with E-state index in [1.165, 1.54) is 0 Å². The number of aromatic nitrogens is 3. The van der Waals surface area contributed by atoms with Gasteiger partial charge in [-0.05, 0) is 25.5 Å². The van der Waals surface area contributed by atoms with Crippen LogP contribution in [0.2, 0.25) is 5.15 Å². The first-order chi connectivity index (χ1) is 5.66. The SMILES string of the molecule is Cc1cc2c(Cl)nc(C)nn2c1. The number of hydrogen-bond donors (Lipinski definition) is 0. The van der Waals surface area contributed by atoms with E-state index in [2.05, 4.69) is 10.1 Å². The summed E-state index contributed by atoms with van der Waals surface area (Å²) in [5.74, 6) is 0.683. The molecule has 0 bridgehead atoms. The van der Waals surface area contributed by atoms with Crippen molar-refractivity contribution in [3.05, 3.63) is 28.8 Å². The van der Waals surface area contributed by atoms with Gasteiger partial charge in [0.2, 0.25) is 0 Å². The number of halogens is 1. The van der Waals surface area contributed by atoms with Gasteiger partial charge in [0.1, 0.15) is 11.3 Å². The first-order valence-corrected chi connectivity index (χ1v) is 4.04. The molecule has 0 atom stereocenters. The Morgan fingerprint density at radius 2 is 2.17 bits per heavy atom. The van der Waals surface area contributed by atoms with Gasteiger partial charge in [-0.25, -0.2) is 9.50 Å². The summed E-state index contributed by atoms with van der Waals surface area (Å²) in [5.41, 5.74) is 2.00. The summed E-state index contributed by atoms with van der Waals surface area (Å²) in [5, 5.41) is 4.69. The van der Waals surface area contributed by atoms with Crippen molar-refractivity contribution in [2.45, 2.75) is 13.8 Å². The van der Waals surface area contributed by atoms with Crippen molar-refractivity contribution in [3.63, 3.8) is 0 Å². The number of fused-ring (bicyclic) bond motifs is 1. The third-order valence-corrected chi connectivity index (χ3v) is 1.94. The van der Waals surface area contributed by atoms with Gasteiger partial charge in [-0.2, -0.15) is 5.10 Å². The zero-order valence-electron chi connectivity index (χ0n) is 6.87. The van der Waals surface area contributed by atoms with Crippen molar-refractivity contribution < 1.29 is 0 Å². The van der Waals surface area contributed by atoms with Crippen molar-refractivity contribution >= 4 is 17.1 Å². The maximum absolute atomic E-state index is 5.90. The highest BCUT2D eigenvalue weighted by atomic mass is 35.5. The number of hydrogen-bond acceptors (Lipinski definition) is 2. The molecule has 12 heavy (non-hydrogen) atoms. The average molecular weight is 182 g/mol. The summed E-state index contributed by atoms with van der Waals surface area (Å²) < 4.78 is 1.75. The third kappa shape index (κ3) is 1.06. The van der Waals surface area contributed by atoms with Gasteiger partial charge in [0, 0.05) is 6.20 Å². The minimum absolute atomic E-state index is 0.510. The number of nitrogens with zero attached hydrogens (tertiary/aromatic N) is 3. The van der Waals surface area contributed by atoms with E-state index in [9.17, 15) is 0 Å².